The Morgan fingerprint density at radius 1 is 0.793 bits per heavy atom. The van der Waals surface area contributed by atoms with Gasteiger partial charge in [0.15, 0.2) is 0 Å². The highest BCUT2D eigenvalue weighted by Gasteiger charge is 2.41. The topological polar surface area (TPSA) is 12.5 Å². The third-order valence-electron chi connectivity index (χ3n) is 5.83. The molecule has 2 heteroatoms. The van der Waals surface area contributed by atoms with Crippen molar-refractivity contribution in [3.63, 3.8) is 0 Å². The zero-order chi connectivity index (χ0) is 21.2. The van der Waals surface area contributed by atoms with Crippen LogP contribution in [0.2, 0.25) is 0 Å². The summed E-state index contributed by atoms with van der Waals surface area (Å²) in [5.74, 6) is 0.515. The summed E-state index contributed by atoms with van der Waals surface area (Å²) in [4.78, 5) is 2.54. The molecule has 5 rings (SSSR count). The maximum atomic E-state index is 6.59. The molecule has 2 fully saturated rings. The molecule has 2 aliphatic heterocycles. The van der Waals surface area contributed by atoms with E-state index in [9.17, 15) is 0 Å². The lowest BCUT2D eigenvalue weighted by Crippen LogP contribution is -2.42. The van der Waals surface area contributed by atoms with Crippen LogP contribution in [-0.2, 0) is 11.2 Å². The summed E-state index contributed by atoms with van der Waals surface area (Å²) in [5, 5.41) is 0. The van der Waals surface area contributed by atoms with E-state index >= 15 is 0 Å². The fourth-order valence-corrected chi connectivity index (χ4v) is 4.55. The van der Waals surface area contributed by atoms with E-state index in [4.69, 9.17) is 4.74 Å². The van der Waals surface area contributed by atoms with E-state index in [-0.39, 0.29) is 6.10 Å². The van der Waals surface area contributed by atoms with Gasteiger partial charge >= 0.3 is 0 Å². The molecule has 0 N–H and O–H groups in total. The molecule has 2 aromatic rings. The van der Waals surface area contributed by atoms with Gasteiger partial charge < -0.3 is 9.64 Å². The van der Waals surface area contributed by atoms with Crippen molar-refractivity contribution in [2.45, 2.75) is 78.9 Å². The number of hydrogen-bond acceptors (Lipinski definition) is 2. The van der Waals surface area contributed by atoms with Crippen LogP contribution in [0, 0.1) is 0 Å². The van der Waals surface area contributed by atoms with Crippen molar-refractivity contribution < 1.29 is 4.74 Å². The Balaban J connectivity index is 0.000000461. The fourth-order valence-electron chi connectivity index (χ4n) is 4.55. The van der Waals surface area contributed by atoms with Crippen molar-refractivity contribution >= 4 is 0 Å². The van der Waals surface area contributed by atoms with Crippen LogP contribution in [0.5, 0.6) is 0 Å². The maximum Gasteiger partial charge on any atom is 0.0901 e. The van der Waals surface area contributed by atoms with Gasteiger partial charge in [0, 0.05) is 12.5 Å². The quantitative estimate of drug-likeness (QED) is 0.543. The summed E-state index contributed by atoms with van der Waals surface area (Å²) in [6.07, 6.45) is 4.17. The number of rotatable bonds is 2. The van der Waals surface area contributed by atoms with E-state index < -0.39 is 0 Å². The maximum absolute atomic E-state index is 6.59. The molecule has 0 spiro atoms. The second-order valence-corrected chi connectivity index (χ2v) is 7.25. The molecule has 2 heterocycles. The molecule has 0 bridgehead atoms. The number of nitrogens with zero attached hydrogens (tertiary/aromatic N) is 1. The van der Waals surface area contributed by atoms with Crippen molar-refractivity contribution in [1.29, 1.82) is 0 Å². The van der Waals surface area contributed by atoms with Gasteiger partial charge in [-0.3, -0.25) is 0 Å². The summed E-state index contributed by atoms with van der Waals surface area (Å²) in [6.45, 7) is 15.6. The molecule has 29 heavy (non-hydrogen) atoms. The van der Waals surface area contributed by atoms with Gasteiger partial charge in [-0.1, -0.05) is 90.1 Å². The van der Waals surface area contributed by atoms with Crippen molar-refractivity contribution in [2.24, 2.45) is 0 Å². The van der Waals surface area contributed by atoms with Crippen molar-refractivity contribution in [3.8, 4) is 0 Å². The van der Waals surface area contributed by atoms with Crippen LogP contribution >= 0.6 is 0 Å². The Hall–Kier alpha value is -1.64. The van der Waals surface area contributed by atoms with Gasteiger partial charge in [0.25, 0.3) is 0 Å². The van der Waals surface area contributed by atoms with Gasteiger partial charge in [0.1, 0.15) is 0 Å². The Labute approximate surface area is 179 Å². The smallest absolute Gasteiger partial charge is 0.0901 e. The largest absolute Gasteiger partial charge is 0.368 e. The molecule has 3 aliphatic rings. The summed E-state index contributed by atoms with van der Waals surface area (Å²) < 4.78 is 6.59. The van der Waals surface area contributed by atoms with Crippen LogP contribution in [0.15, 0.2) is 48.5 Å². The first-order chi connectivity index (χ1) is 14.4. The predicted molar refractivity (Wildman–Crippen MR) is 126 cm³/mol. The van der Waals surface area contributed by atoms with Crippen LogP contribution < -0.4 is 0 Å². The molecule has 2 saturated heterocycles. The van der Waals surface area contributed by atoms with Crippen molar-refractivity contribution in [1.82, 2.24) is 4.90 Å². The van der Waals surface area contributed by atoms with Gasteiger partial charge in [0.05, 0.1) is 12.2 Å². The second kappa shape index (κ2) is 12.1. The van der Waals surface area contributed by atoms with Crippen LogP contribution in [-0.4, -0.2) is 30.6 Å². The highest BCUT2D eigenvalue weighted by atomic mass is 16.5. The second-order valence-electron chi connectivity index (χ2n) is 7.25. The monoisotopic (exact) mass is 395 g/mol. The van der Waals surface area contributed by atoms with Crippen LogP contribution in [0.4, 0.5) is 0 Å². The number of ether oxygens (including phenoxy) is 1. The van der Waals surface area contributed by atoms with Gasteiger partial charge in [0.2, 0.25) is 0 Å². The predicted octanol–water partition coefficient (Wildman–Crippen LogP) is 6.99. The Morgan fingerprint density at radius 2 is 1.34 bits per heavy atom. The summed E-state index contributed by atoms with van der Waals surface area (Å²) in [5.41, 5.74) is 5.86. The summed E-state index contributed by atoms with van der Waals surface area (Å²) in [6, 6.07) is 17.9. The number of likely N-dealkylation sites (tertiary alicyclic amines) is 1. The SMILES string of the molecule is CC.CC.CC.c1ccc2c(c1)Cc1ccccc1C1OC(CN3CCC3)CC21. The third-order valence-corrected chi connectivity index (χ3v) is 5.83. The van der Waals surface area contributed by atoms with Gasteiger partial charge in [-0.05, 0) is 54.6 Å². The molecule has 2 aromatic carbocycles. The first-order valence-electron chi connectivity index (χ1n) is 11.9. The molecular formula is C27H41NO. The number of benzene rings is 2. The normalized spacial score (nSPS) is 23.7. The highest BCUT2D eigenvalue weighted by molar-refractivity contribution is 5.45. The third kappa shape index (κ3) is 5.29. The summed E-state index contributed by atoms with van der Waals surface area (Å²) >= 11 is 0. The lowest BCUT2D eigenvalue weighted by Gasteiger charge is -2.32. The Kier molecular flexibility index (Phi) is 9.90. The molecule has 1 aliphatic carbocycles. The molecule has 3 unspecified atom stereocenters. The zero-order valence-electron chi connectivity index (χ0n) is 19.4. The van der Waals surface area contributed by atoms with Crippen molar-refractivity contribution in [3.05, 3.63) is 70.8 Å². The van der Waals surface area contributed by atoms with Gasteiger partial charge in [-0.2, -0.15) is 0 Å². The van der Waals surface area contributed by atoms with E-state index in [1.807, 2.05) is 41.5 Å². The average Bonchev–Trinajstić information content (AvgIpc) is 3.14. The average molecular weight is 396 g/mol. The molecule has 2 nitrogen and oxygen atoms in total. The van der Waals surface area contributed by atoms with Crippen LogP contribution in [0.25, 0.3) is 0 Å². The van der Waals surface area contributed by atoms with E-state index in [0.29, 0.717) is 12.0 Å². The minimum absolute atomic E-state index is 0.237. The minimum Gasteiger partial charge on any atom is -0.368 e. The zero-order valence-corrected chi connectivity index (χ0v) is 19.4. The molecule has 0 radical (unpaired) electrons. The van der Waals surface area contributed by atoms with Gasteiger partial charge in [-0.25, -0.2) is 0 Å². The van der Waals surface area contributed by atoms with Crippen LogP contribution in [0.1, 0.15) is 88.7 Å². The Bertz CT molecular complexity index is 668. The van der Waals surface area contributed by atoms with E-state index in [1.165, 1.54) is 41.8 Å². The number of hydrogen-bond donors (Lipinski definition) is 0. The molecule has 160 valence electrons. The lowest BCUT2D eigenvalue weighted by atomic mass is 9.87. The highest BCUT2D eigenvalue weighted by Crippen LogP contribution is 2.49. The molecule has 0 saturated carbocycles. The molecular weight excluding hydrogens is 354 g/mol. The Morgan fingerprint density at radius 3 is 1.93 bits per heavy atom. The lowest BCUT2D eigenvalue weighted by molar-refractivity contribution is 0.00733. The standard InChI is InChI=1S/C21H23NO.3C2H6/c1-3-8-18-15(6-1)12-16-7-2-4-9-19(16)21-20(18)13-17(23-21)14-22-10-5-11-22;3*1-2/h1-4,6-9,17,20-21H,5,10-14H2;3*1-2H3. The molecule has 0 aromatic heterocycles. The minimum atomic E-state index is 0.237. The molecule has 3 atom stereocenters. The first kappa shape index (κ1) is 23.6. The van der Waals surface area contributed by atoms with E-state index in [1.54, 1.807) is 0 Å². The number of fused-ring (bicyclic) bond motifs is 5. The van der Waals surface area contributed by atoms with Crippen LogP contribution in [0.3, 0.4) is 0 Å². The van der Waals surface area contributed by atoms with Gasteiger partial charge in [-0.15, -0.1) is 0 Å². The summed E-state index contributed by atoms with van der Waals surface area (Å²) in [7, 11) is 0. The fraction of sp³-hybridized carbons (Fsp3) is 0.556. The van der Waals surface area contributed by atoms with E-state index in [0.717, 1.165) is 19.4 Å². The first-order valence-corrected chi connectivity index (χ1v) is 11.9. The van der Waals surface area contributed by atoms with Crippen molar-refractivity contribution in [2.75, 3.05) is 19.6 Å². The van der Waals surface area contributed by atoms with E-state index in [2.05, 4.69) is 53.4 Å². The molecule has 0 amide bonds.